The van der Waals surface area contributed by atoms with Crippen molar-refractivity contribution in [2.24, 2.45) is 0 Å². The van der Waals surface area contributed by atoms with Gasteiger partial charge < -0.3 is 15.0 Å². The van der Waals surface area contributed by atoms with Gasteiger partial charge in [-0.05, 0) is 30.7 Å². The zero-order chi connectivity index (χ0) is 15.8. The number of nitrogens with zero attached hydrogens (tertiary/aromatic N) is 1. The Labute approximate surface area is 133 Å². The van der Waals surface area contributed by atoms with E-state index in [9.17, 15) is 9.59 Å². The van der Waals surface area contributed by atoms with Crippen LogP contribution in [0.5, 0.6) is 0 Å². The summed E-state index contributed by atoms with van der Waals surface area (Å²) in [5.41, 5.74) is 1.81. The van der Waals surface area contributed by atoms with Crippen LogP contribution in [0, 0.1) is 6.92 Å². The molecule has 1 N–H and O–H groups in total. The molecule has 5 nitrogen and oxygen atoms in total. The molecule has 21 heavy (non-hydrogen) atoms. The monoisotopic (exact) mass is 356 g/mol. The molecular formula is C15H21BrN2O3. The molecule has 0 aliphatic heterocycles. The number of halogens is 1. The number of benzene rings is 1. The fourth-order valence-electron chi connectivity index (χ4n) is 1.96. The molecule has 0 atom stereocenters. The summed E-state index contributed by atoms with van der Waals surface area (Å²) in [7, 11) is 1.58. The molecule has 6 heteroatoms. The molecule has 1 rings (SSSR count). The van der Waals surface area contributed by atoms with Crippen LogP contribution in [0.2, 0.25) is 0 Å². The number of carbonyl (C=O) groups excluding carboxylic acids is 2. The zero-order valence-electron chi connectivity index (χ0n) is 12.6. The minimum absolute atomic E-state index is 0.0786. The molecule has 0 bridgehead atoms. The van der Waals surface area contributed by atoms with Gasteiger partial charge in [0.05, 0.1) is 6.61 Å². The van der Waals surface area contributed by atoms with Crippen molar-refractivity contribution in [1.82, 2.24) is 5.32 Å². The molecule has 0 aliphatic carbocycles. The lowest BCUT2D eigenvalue weighted by Crippen LogP contribution is -2.35. The van der Waals surface area contributed by atoms with Gasteiger partial charge in [-0.2, -0.15) is 0 Å². The Morgan fingerprint density at radius 2 is 2.10 bits per heavy atom. The third-order valence-electron chi connectivity index (χ3n) is 3.02. The van der Waals surface area contributed by atoms with Gasteiger partial charge in [0.25, 0.3) is 0 Å². The molecule has 1 aromatic carbocycles. The van der Waals surface area contributed by atoms with Crippen molar-refractivity contribution in [3.63, 3.8) is 0 Å². The quantitative estimate of drug-likeness (QED) is 0.762. The van der Waals surface area contributed by atoms with Gasteiger partial charge in [-0.1, -0.05) is 15.9 Å². The topological polar surface area (TPSA) is 58.6 Å². The molecule has 2 amide bonds. The lowest BCUT2D eigenvalue weighted by atomic mass is 10.1. The minimum atomic E-state index is -0.0898. The highest BCUT2D eigenvalue weighted by molar-refractivity contribution is 9.10. The molecule has 0 radical (unpaired) electrons. The van der Waals surface area contributed by atoms with Gasteiger partial charge in [0.2, 0.25) is 11.8 Å². The van der Waals surface area contributed by atoms with E-state index in [2.05, 4.69) is 21.2 Å². The lowest BCUT2D eigenvalue weighted by molar-refractivity contribution is -0.121. The summed E-state index contributed by atoms with van der Waals surface area (Å²) in [6.45, 7) is 4.76. The van der Waals surface area contributed by atoms with E-state index < -0.39 is 0 Å². The highest BCUT2D eigenvalue weighted by Gasteiger charge is 2.15. The Kier molecular flexibility index (Phi) is 7.39. The van der Waals surface area contributed by atoms with Crippen LogP contribution in [-0.4, -0.2) is 38.6 Å². The predicted octanol–water partition coefficient (Wildman–Crippen LogP) is 2.26. The first-order valence-corrected chi connectivity index (χ1v) is 7.55. The summed E-state index contributed by atoms with van der Waals surface area (Å²) >= 11 is 3.40. The maximum absolute atomic E-state index is 11.8. The number of aryl methyl sites for hydroxylation is 1. The Hall–Kier alpha value is -1.40. The van der Waals surface area contributed by atoms with Crippen molar-refractivity contribution in [1.29, 1.82) is 0 Å². The van der Waals surface area contributed by atoms with Crippen LogP contribution >= 0.6 is 15.9 Å². The van der Waals surface area contributed by atoms with E-state index in [1.54, 1.807) is 12.0 Å². The molecule has 0 heterocycles. The van der Waals surface area contributed by atoms with E-state index >= 15 is 0 Å². The normalized spacial score (nSPS) is 10.3. The number of hydrogen-bond acceptors (Lipinski definition) is 3. The molecule has 0 saturated heterocycles. The summed E-state index contributed by atoms with van der Waals surface area (Å²) in [6.07, 6.45) is 0.263. The number of methoxy groups -OCH3 is 1. The van der Waals surface area contributed by atoms with Gasteiger partial charge in [0.15, 0.2) is 0 Å². The Balaban J connectivity index is 2.66. The molecule has 0 spiro atoms. The van der Waals surface area contributed by atoms with Crippen LogP contribution < -0.4 is 10.2 Å². The number of rotatable bonds is 7. The lowest BCUT2D eigenvalue weighted by Gasteiger charge is -2.23. The van der Waals surface area contributed by atoms with E-state index in [1.807, 2.05) is 25.1 Å². The highest BCUT2D eigenvalue weighted by atomic mass is 79.9. The van der Waals surface area contributed by atoms with Gasteiger partial charge in [0, 0.05) is 43.7 Å². The first-order chi connectivity index (χ1) is 9.95. The second-order valence-corrected chi connectivity index (χ2v) is 5.61. The molecule has 0 unspecified atom stereocenters. The fourth-order valence-corrected chi connectivity index (χ4v) is 2.44. The van der Waals surface area contributed by atoms with Crippen molar-refractivity contribution in [2.45, 2.75) is 20.3 Å². The number of anilines is 1. The SMILES string of the molecule is COCCNC(=O)CCN(C(C)=O)c1ccc(Br)cc1C. The summed E-state index contributed by atoms with van der Waals surface area (Å²) in [6, 6.07) is 5.71. The van der Waals surface area contributed by atoms with Gasteiger partial charge in [0.1, 0.15) is 0 Å². The average Bonchev–Trinajstić information content (AvgIpc) is 2.41. The summed E-state index contributed by atoms with van der Waals surface area (Å²) in [5.74, 6) is -0.168. The second-order valence-electron chi connectivity index (χ2n) is 4.69. The molecule has 0 saturated carbocycles. The third-order valence-corrected chi connectivity index (χ3v) is 3.51. The van der Waals surface area contributed by atoms with E-state index in [0.717, 1.165) is 15.7 Å². The average molecular weight is 357 g/mol. The Morgan fingerprint density at radius 1 is 1.38 bits per heavy atom. The number of ether oxygens (including phenoxy) is 1. The fraction of sp³-hybridized carbons (Fsp3) is 0.467. The van der Waals surface area contributed by atoms with Crippen LogP contribution in [0.3, 0.4) is 0 Å². The first-order valence-electron chi connectivity index (χ1n) is 6.75. The number of hydrogen-bond donors (Lipinski definition) is 1. The molecule has 0 aromatic heterocycles. The minimum Gasteiger partial charge on any atom is -0.383 e. The third kappa shape index (κ3) is 5.85. The van der Waals surface area contributed by atoms with Crippen LogP contribution in [0.4, 0.5) is 5.69 Å². The van der Waals surface area contributed by atoms with Crippen LogP contribution in [0.15, 0.2) is 22.7 Å². The molecule has 0 aliphatic rings. The maximum Gasteiger partial charge on any atom is 0.223 e. The summed E-state index contributed by atoms with van der Waals surface area (Å²) in [4.78, 5) is 25.1. The van der Waals surface area contributed by atoms with Crippen molar-refractivity contribution >= 4 is 33.4 Å². The molecule has 1 aromatic rings. The van der Waals surface area contributed by atoms with Crippen LogP contribution in [0.25, 0.3) is 0 Å². The highest BCUT2D eigenvalue weighted by Crippen LogP contribution is 2.24. The maximum atomic E-state index is 11.8. The van der Waals surface area contributed by atoms with E-state index in [1.165, 1.54) is 6.92 Å². The number of carbonyl (C=O) groups is 2. The van der Waals surface area contributed by atoms with Crippen LogP contribution in [0.1, 0.15) is 18.9 Å². The van der Waals surface area contributed by atoms with Gasteiger partial charge >= 0.3 is 0 Å². The van der Waals surface area contributed by atoms with E-state index in [4.69, 9.17) is 4.74 Å². The van der Waals surface area contributed by atoms with Gasteiger partial charge in [-0.15, -0.1) is 0 Å². The zero-order valence-corrected chi connectivity index (χ0v) is 14.2. The standard InChI is InChI=1S/C15H21BrN2O3/c1-11-10-13(16)4-5-14(11)18(12(2)19)8-6-15(20)17-7-9-21-3/h4-5,10H,6-9H2,1-3H3,(H,17,20). The van der Waals surface area contributed by atoms with Gasteiger partial charge in [-0.3, -0.25) is 9.59 Å². The van der Waals surface area contributed by atoms with Crippen molar-refractivity contribution in [2.75, 3.05) is 31.7 Å². The Bertz CT molecular complexity index is 506. The van der Waals surface area contributed by atoms with Crippen molar-refractivity contribution in [3.8, 4) is 0 Å². The predicted molar refractivity (Wildman–Crippen MR) is 86.4 cm³/mol. The summed E-state index contributed by atoms with van der Waals surface area (Å²) < 4.78 is 5.83. The molecule has 0 fully saturated rings. The molecule has 116 valence electrons. The second kappa shape index (κ2) is 8.79. The molecular weight excluding hydrogens is 336 g/mol. The van der Waals surface area contributed by atoms with E-state index in [0.29, 0.717) is 19.7 Å². The van der Waals surface area contributed by atoms with E-state index in [-0.39, 0.29) is 18.2 Å². The number of nitrogens with one attached hydrogen (secondary N) is 1. The smallest absolute Gasteiger partial charge is 0.223 e. The van der Waals surface area contributed by atoms with Crippen molar-refractivity contribution < 1.29 is 14.3 Å². The number of amides is 2. The largest absolute Gasteiger partial charge is 0.383 e. The van der Waals surface area contributed by atoms with Gasteiger partial charge in [-0.25, -0.2) is 0 Å². The van der Waals surface area contributed by atoms with Crippen LogP contribution in [-0.2, 0) is 14.3 Å². The Morgan fingerprint density at radius 3 is 2.67 bits per heavy atom. The van der Waals surface area contributed by atoms with Crippen molar-refractivity contribution in [3.05, 3.63) is 28.2 Å². The summed E-state index contributed by atoms with van der Waals surface area (Å²) in [5, 5.41) is 2.74. The first kappa shape index (κ1) is 17.7.